The molecule has 0 atom stereocenters. The summed E-state index contributed by atoms with van der Waals surface area (Å²) in [7, 11) is 2.77. The molecule has 0 aliphatic carbocycles. The Morgan fingerprint density at radius 3 is 2.68 bits per heavy atom. The molecule has 0 saturated carbocycles. The summed E-state index contributed by atoms with van der Waals surface area (Å²) in [5.41, 5.74) is -1.33. The van der Waals surface area contributed by atoms with Crippen LogP contribution in [0.5, 0.6) is 0 Å². The van der Waals surface area contributed by atoms with E-state index in [-0.39, 0.29) is 17.9 Å². The summed E-state index contributed by atoms with van der Waals surface area (Å²) >= 11 is 0. The van der Waals surface area contributed by atoms with Crippen molar-refractivity contribution < 1.29 is 0 Å². The van der Waals surface area contributed by atoms with Gasteiger partial charge in [-0.1, -0.05) is 5.21 Å². The van der Waals surface area contributed by atoms with E-state index >= 15 is 0 Å². The third-order valence-electron chi connectivity index (χ3n) is 2.58. The molecule has 2 heterocycles. The first-order valence-corrected chi connectivity index (χ1v) is 5.22. The van der Waals surface area contributed by atoms with Crippen molar-refractivity contribution in [1.82, 2.24) is 29.8 Å². The molecule has 98 valence electrons. The third kappa shape index (κ3) is 2.08. The van der Waals surface area contributed by atoms with Gasteiger partial charge in [-0.3, -0.25) is 13.9 Å². The molecule has 0 unspecified atom stereocenters. The van der Waals surface area contributed by atoms with Gasteiger partial charge in [-0.05, 0) is 0 Å². The van der Waals surface area contributed by atoms with Crippen molar-refractivity contribution in [2.24, 2.45) is 14.1 Å². The Morgan fingerprint density at radius 1 is 1.37 bits per heavy atom. The molecular weight excluding hydrogens is 252 g/mol. The quantitative estimate of drug-likeness (QED) is 0.658. The standard InChI is InChI=1S/C9H10N8O2/c1-16-7(11-4-6-12-14-15-13-6)5(3-10)8(18)17(2)9(16)19/h11H,4H2,1-2H3,(H,12,13,14,15). The van der Waals surface area contributed by atoms with E-state index in [0.717, 1.165) is 4.57 Å². The highest BCUT2D eigenvalue weighted by atomic mass is 16.2. The zero-order chi connectivity index (χ0) is 14.0. The largest absolute Gasteiger partial charge is 0.363 e. The Morgan fingerprint density at radius 2 is 2.11 bits per heavy atom. The van der Waals surface area contributed by atoms with E-state index in [9.17, 15) is 9.59 Å². The van der Waals surface area contributed by atoms with Gasteiger partial charge in [0, 0.05) is 14.1 Å². The van der Waals surface area contributed by atoms with Crippen molar-refractivity contribution in [3.63, 3.8) is 0 Å². The number of tetrazole rings is 1. The zero-order valence-corrected chi connectivity index (χ0v) is 10.2. The number of hydrogen-bond acceptors (Lipinski definition) is 7. The molecule has 0 aromatic carbocycles. The van der Waals surface area contributed by atoms with Gasteiger partial charge in [-0.25, -0.2) is 4.79 Å². The monoisotopic (exact) mass is 262 g/mol. The molecule has 2 rings (SSSR count). The van der Waals surface area contributed by atoms with Gasteiger partial charge in [0.2, 0.25) is 0 Å². The summed E-state index contributed by atoms with van der Waals surface area (Å²) < 4.78 is 2.05. The van der Waals surface area contributed by atoms with Crippen LogP contribution in [0.15, 0.2) is 9.59 Å². The molecule has 10 nitrogen and oxygen atoms in total. The van der Waals surface area contributed by atoms with Gasteiger partial charge in [0.1, 0.15) is 11.9 Å². The summed E-state index contributed by atoms with van der Waals surface area (Å²) in [6.07, 6.45) is 0. The van der Waals surface area contributed by atoms with E-state index in [2.05, 4.69) is 25.9 Å². The number of hydrogen-bond donors (Lipinski definition) is 2. The second-order valence-electron chi connectivity index (χ2n) is 3.72. The molecule has 10 heteroatoms. The van der Waals surface area contributed by atoms with E-state index in [4.69, 9.17) is 5.26 Å². The van der Waals surface area contributed by atoms with Crippen LogP contribution in [0.2, 0.25) is 0 Å². The fraction of sp³-hybridized carbons (Fsp3) is 0.333. The van der Waals surface area contributed by atoms with E-state index in [1.165, 1.54) is 18.7 Å². The van der Waals surface area contributed by atoms with Gasteiger partial charge < -0.3 is 5.32 Å². The highest BCUT2D eigenvalue weighted by molar-refractivity contribution is 5.51. The van der Waals surface area contributed by atoms with Crippen LogP contribution in [0.3, 0.4) is 0 Å². The van der Waals surface area contributed by atoms with Crippen molar-refractivity contribution in [2.75, 3.05) is 5.32 Å². The van der Waals surface area contributed by atoms with Gasteiger partial charge in [-0.2, -0.15) is 10.5 Å². The predicted octanol–water partition coefficient (Wildman–Crippen LogP) is -1.92. The fourth-order valence-electron chi connectivity index (χ4n) is 1.57. The minimum Gasteiger partial charge on any atom is -0.363 e. The topological polar surface area (TPSA) is 134 Å². The van der Waals surface area contributed by atoms with Crippen LogP contribution < -0.4 is 16.6 Å². The predicted molar refractivity (Wildman–Crippen MR) is 63.1 cm³/mol. The number of rotatable bonds is 3. The lowest BCUT2D eigenvalue weighted by Crippen LogP contribution is -2.39. The van der Waals surface area contributed by atoms with Crippen LogP contribution in [0.25, 0.3) is 0 Å². The molecule has 0 fully saturated rings. The van der Waals surface area contributed by atoms with Crippen molar-refractivity contribution in [1.29, 1.82) is 5.26 Å². The van der Waals surface area contributed by atoms with Crippen LogP contribution in [-0.2, 0) is 20.6 Å². The van der Waals surface area contributed by atoms with E-state index in [1.54, 1.807) is 6.07 Å². The minimum absolute atomic E-state index is 0.125. The third-order valence-corrected chi connectivity index (χ3v) is 2.58. The van der Waals surface area contributed by atoms with Crippen LogP contribution in [0.1, 0.15) is 11.4 Å². The maximum absolute atomic E-state index is 11.8. The Labute approximate surface area is 106 Å². The number of aromatic amines is 1. The average molecular weight is 262 g/mol. The lowest BCUT2D eigenvalue weighted by Gasteiger charge is -2.12. The minimum atomic E-state index is -0.652. The number of aromatic nitrogens is 6. The molecule has 0 saturated heterocycles. The van der Waals surface area contributed by atoms with Crippen LogP contribution in [0.4, 0.5) is 5.82 Å². The molecule has 0 amide bonds. The van der Waals surface area contributed by atoms with Crippen molar-refractivity contribution in [3.05, 3.63) is 32.2 Å². The lowest BCUT2D eigenvalue weighted by molar-refractivity contribution is 0.684. The van der Waals surface area contributed by atoms with Crippen LogP contribution in [0, 0.1) is 11.3 Å². The maximum atomic E-state index is 11.8. The smallest absolute Gasteiger partial charge is 0.332 e. The Balaban J connectivity index is 2.48. The summed E-state index contributed by atoms with van der Waals surface area (Å²) in [6, 6.07) is 1.78. The van der Waals surface area contributed by atoms with Gasteiger partial charge in [0.15, 0.2) is 11.4 Å². The van der Waals surface area contributed by atoms with Crippen molar-refractivity contribution in [3.8, 4) is 6.07 Å². The van der Waals surface area contributed by atoms with Crippen LogP contribution >= 0.6 is 0 Å². The SMILES string of the molecule is Cn1c(NCc2nn[nH]n2)c(C#N)c(=O)n(C)c1=O. The van der Waals surface area contributed by atoms with Crippen LogP contribution in [-0.4, -0.2) is 29.8 Å². The number of anilines is 1. The molecule has 2 aromatic heterocycles. The number of nitrogens with one attached hydrogen (secondary N) is 2. The highest BCUT2D eigenvalue weighted by Crippen LogP contribution is 2.07. The fourth-order valence-corrected chi connectivity index (χ4v) is 1.57. The van der Waals surface area contributed by atoms with E-state index in [1.807, 2.05) is 0 Å². The first kappa shape index (κ1) is 12.5. The second kappa shape index (κ2) is 4.73. The lowest BCUT2D eigenvalue weighted by atomic mass is 10.3. The Kier molecular flexibility index (Phi) is 3.11. The first-order chi connectivity index (χ1) is 9.06. The molecule has 0 bridgehead atoms. The number of H-pyrrole nitrogens is 1. The Bertz CT molecular complexity index is 748. The highest BCUT2D eigenvalue weighted by Gasteiger charge is 2.15. The average Bonchev–Trinajstić information content (AvgIpc) is 2.92. The second-order valence-corrected chi connectivity index (χ2v) is 3.72. The first-order valence-electron chi connectivity index (χ1n) is 5.22. The summed E-state index contributed by atoms with van der Waals surface area (Å²) in [4.78, 5) is 23.6. The van der Waals surface area contributed by atoms with Gasteiger partial charge >= 0.3 is 5.69 Å². The Hall–Kier alpha value is -2.96. The molecule has 0 aliphatic heterocycles. The molecule has 0 radical (unpaired) electrons. The molecule has 2 aromatic rings. The van der Waals surface area contributed by atoms with Gasteiger partial charge in [-0.15, -0.1) is 10.2 Å². The molecule has 0 aliphatic rings. The maximum Gasteiger partial charge on any atom is 0.332 e. The van der Waals surface area contributed by atoms with Crippen molar-refractivity contribution in [2.45, 2.75) is 6.54 Å². The number of nitrogens with zero attached hydrogens (tertiary/aromatic N) is 6. The van der Waals surface area contributed by atoms with Crippen molar-refractivity contribution >= 4 is 5.82 Å². The number of nitriles is 1. The summed E-state index contributed by atoms with van der Waals surface area (Å²) in [5, 5.41) is 24.9. The van der Waals surface area contributed by atoms with Gasteiger partial charge in [0.05, 0.1) is 6.54 Å². The zero-order valence-electron chi connectivity index (χ0n) is 10.2. The summed E-state index contributed by atoms with van der Waals surface area (Å²) in [5.74, 6) is 0.470. The normalized spacial score (nSPS) is 10.2. The summed E-state index contributed by atoms with van der Waals surface area (Å²) in [6.45, 7) is 0.131. The molecular formula is C9H10N8O2. The van der Waals surface area contributed by atoms with E-state index < -0.39 is 11.2 Å². The molecule has 19 heavy (non-hydrogen) atoms. The van der Waals surface area contributed by atoms with E-state index in [0.29, 0.717) is 5.82 Å². The molecule has 0 spiro atoms. The van der Waals surface area contributed by atoms with Gasteiger partial charge in [0.25, 0.3) is 5.56 Å². The molecule has 2 N–H and O–H groups in total.